The van der Waals surface area contributed by atoms with Crippen molar-refractivity contribution in [3.63, 3.8) is 0 Å². The van der Waals surface area contributed by atoms with E-state index in [9.17, 15) is 0 Å². The van der Waals surface area contributed by atoms with Crippen molar-refractivity contribution in [3.05, 3.63) is 18.2 Å². The Morgan fingerprint density at radius 1 is 1.60 bits per heavy atom. The van der Waals surface area contributed by atoms with E-state index < -0.39 is 0 Å². The van der Waals surface area contributed by atoms with Crippen LogP contribution in [0.15, 0.2) is 12.4 Å². The maximum Gasteiger partial charge on any atom is 0.122 e. The van der Waals surface area contributed by atoms with E-state index in [1.54, 1.807) is 0 Å². The zero-order valence-electron chi connectivity index (χ0n) is 9.78. The number of hydrogen-bond donors (Lipinski definition) is 0. The Morgan fingerprint density at radius 2 is 2.33 bits per heavy atom. The van der Waals surface area contributed by atoms with Crippen molar-refractivity contribution in [2.45, 2.75) is 19.9 Å². The molecule has 1 aromatic rings. The Balaban J connectivity index is 2.42. The van der Waals surface area contributed by atoms with Crippen LogP contribution in [-0.4, -0.2) is 33.4 Å². The van der Waals surface area contributed by atoms with Crippen molar-refractivity contribution in [3.8, 4) is 0 Å². The van der Waals surface area contributed by atoms with Gasteiger partial charge in [0.25, 0.3) is 0 Å². The topological polar surface area (TPSA) is 21.1 Å². The molecule has 1 atom stereocenters. The molecule has 0 saturated heterocycles. The third-order valence-corrected chi connectivity index (χ3v) is 3.61. The fourth-order valence-electron chi connectivity index (χ4n) is 1.58. The lowest BCUT2D eigenvalue weighted by Crippen LogP contribution is -2.27. The molecule has 4 heteroatoms. The van der Waals surface area contributed by atoms with Gasteiger partial charge in [-0.2, -0.15) is 0 Å². The number of hydrogen-bond acceptors (Lipinski definition) is 2. The summed E-state index contributed by atoms with van der Waals surface area (Å²) >= 11 is 3.55. The summed E-state index contributed by atoms with van der Waals surface area (Å²) in [7, 11) is 4.19. The summed E-state index contributed by atoms with van der Waals surface area (Å²) in [6, 6.07) is 0. The average Bonchev–Trinajstić information content (AvgIpc) is 2.61. The van der Waals surface area contributed by atoms with Crippen molar-refractivity contribution in [2.75, 3.05) is 18.9 Å². The van der Waals surface area contributed by atoms with E-state index in [-0.39, 0.29) is 0 Å². The number of nitrogens with zero attached hydrogens (tertiary/aromatic N) is 3. The van der Waals surface area contributed by atoms with Crippen molar-refractivity contribution in [2.24, 2.45) is 13.0 Å². The average molecular weight is 274 g/mol. The van der Waals surface area contributed by atoms with Gasteiger partial charge in [-0.1, -0.05) is 29.3 Å². The van der Waals surface area contributed by atoms with E-state index in [2.05, 4.69) is 44.4 Å². The van der Waals surface area contributed by atoms with Crippen LogP contribution in [0.1, 0.15) is 19.2 Å². The molecule has 0 saturated carbocycles. The fourth-order valence-corrected chi connectivity index (χ4v) is 2.25. The van der Waals surface area contributed by atoms with Crippen LogP contribution in [-0.2, 0) is 13.6 Å². The number of imidazole rings is 1. The minimum Gasteiger partial charge on any atom is -0.337 e. The highest BCUT2D eigenvalue weighted by atomic mass is 79.9. The lowest BCUT2D eigenvalue weighted by atomic mass is 10.1. The molecule has 0 bridgehead atoms. The van der Waals surface area contributed by atoms with Gasteiger partial charge in [0.05, 0.1) is 6.54 Å². The molecule has 1 rings (SSSR count). The second-order valence-corrected chi connectivity index (χ2v) is 4.73. The Kier molecular flexibility index (Phi) is 5.32. The zero-order chi connectivity index (χ0) is 11.3. The van der Waals surface area contributed by atoms with Crippen LogP contribution < -0.4 is 0 Å². The Hall–Kier alpha value is -0.350. The molecule has 1 heterocycles. The van der Waals surface area contributed by atoms with E-state index in [0.717, 1.165) is 30.2 Å². The first-order valence-corrected chi connectivity index (χ1v) is 6.50. The highest BCUT2D eigenvalue weighted by molar-refractivity contribution is 9.09. The number of aromatic nitrogens is 2. The Morgan fingerprint density at radius 3 is 2.80 bits per heavy atom. The van der Waals surface area contributed by atoms with Gasteiger partial charge in [0.15, 0.2) is 0 Å². The summed E-state index contributed by atoms with van der Waals surface area (Å²) in [5, 5.41) is 1.08. The first-order chi connectivity index (χ1) is 7.17. The minimum atomic E-state index is 0.732. The lowest BCUT2D eigenvalue weighted by molar-refractivity contribution is 0.270. The quantitative estimate of drug-likeness (QED) is 0.742. The molecule has 3 nitrogen and oxygen atoms in total. The predicted molar refractivity (Wildman–Crippen MR) is 67.1 cm³/mol. The van der Waals surface area contributed by atoms with Crippen LogP contribution in [0.3, 0.4) is 0 Å². The molecular weight excluding hydrogens is 254 g/mol. The number of alkyl halides is 1. The van der Waals surface area contributed by atoms with Crippen LogP contribution in [0.4, 0.5) is 0 Å². The number of aryl methyl sites for hydroxylation is 1. The second kappa shape index (κ2) is 6.28. The van der Waals surface area contributed by atoms with Crippen LogP contribution in [0.2, 0.25) is 0 Å². The van der Waals surface area contributed by atoms with Crippen molar-refractivity contribution in [1.82, 2.24) is 14.5 Å². The molecule has 0 amide bonds. The van der Waals surface area contributed by atoms with Gasteiger partial charge in [0, 0.05) is 31.3 Å². The summed E-state index contributed by atoms with van der Waals surface area (Å²) in [6.07, 6.45) is 5.06. The van der Waals surface area contributed by atoms with Gasteiger partial charge in [-0.15, -0.1) is 0 Å². The van der Waals surface area contributed by atoms with Gasteiger partial charge in [-0.05, 0) is 13.0 Å². The molecule has 86 valence electrons. The first kappa shape index (κ1) is 12.7. The van der Waals surface area contributed by atoms with Crippen LogP contribution >= 0.6 is 15.9 Å². The van der Waals surface area contributed by atoms with Gasteiger partial charge in [0.1, 0.15) is 5.82 Å². The molecule has 0 fully saturated rings. The molecule has 0 N–H and O–H groups in total. The van der Waals surface area contributed by atoms with Gasteiger partial charge in [-0.3, -0.25) is 4.90 Å². The highest BCUT2D eigenvalue weighted by Crippen LogP contribution is 2.09. The summed E-state index contributed by atoms with van der Waals surface area (Å²) in [4.78, 5) is 6.66. The van der Waals surface area contributed by atoms with Crippen molar-refractivity contribution >= 4 is 15.9 Å². The number of halogens is 1. The van der Waals surface area contributed by atoms with Gasteiger partial charge in [-0.25, -0.2) is 4.98 Å². The molecule has 0 spiro atoms. The maximum absolute atomic E-state index is 4.32. The maximum atomic E-state index is 4.32. The van der Waals surface area contributed by atoms with Crippen LogP contribution in [0.25, 0.3) is 0 Å². The minimum absolute atomic E-state index is 0.732. The van der Waals surface area contributed by atoms with E-state index in [1.165, 1.54) is 6.42 Å². The molecule has 0 aromatic carbocycles. The largest absolute Gasteiger partial charge is 0.337 e. The van der Waals surface area contributed by atoms with Gasteiger partial charge >= 0.3 is 0 Å². The summed E-state index contributed by atoms with van der Waals surface area (Å²) < 4.78 is 2.07. The van der Waals surface area contributed by atoms with Crippen LogP contribution in [0, 0.1) is 5.92 Å². The monoisotopic (exact) mass is 273 g/mol. The zero-order valence-corrected chi connectivity index (χ0v) is 11.4. The lowest BCUT2D eigenvalue weighted by Gasteiger charge is -2.21. The van der Waals surface area contributed by atoms with Crippen molar-refractivity contribution in [1.29, 1.82) is 0 Å². The SMILES string of the molecule is CCC(CBr)CN(C)Cc1nccn1C. The summed E-state index contributed by atoms with van der Waals surface area (Å²) in [5.41, 5.74) is 0. The molecule has 0 aliphatic carbocycles. The third-order valence-electron chi connectivity index (χ3n) is 2.70. The van der Waals surface area contributed by atoms with E-state index >= 15 is 0 Å². The molecule has 1 unspecified atom stereocenters. The first-order valence-electron chi connectivity index (χ1n) is 5.38. The van der Waals surface area contributed by atoms with E-state index in [1.807, 2.05) is 19.4 Å². The number of rotatable bonds is 6. The molecular formula is C11H20BrN3. The van der Waals surface area contributed by atoms with Gasteiger partial charge < -0.3 is 4.57 Å². The summed E-state index contributed by atoms with van der Waals surface area (Å²) in [6.45, 7) is 4.28. The van der Waals surface area contributed by atoms with Crippen LogP contribution in [0.5, 0.6) is 0 Å². The Bertz CT molecular complexity index is 281. The van der Waals surface area contributed by atoms with Crippen molar-refractivity contribution < 1.29 is 0 Å². The molecule has 0 aliphatic heterocycles. The van der Waals surface area contributed by atoms with E-state index in [0.29, 0.717) is 0 Å². The summed E-state index contributed by atoms with van der Waals surface area (Å²) in [5.74, 6) is 1.86. The molecule has 1 aromatic heterocycles. The van der Waals surface area contributed by atoms with Gasteiger partial charge in [0.2, 0.25) is 0 Å². The standard InChI is InChI=1S/C11H20BrN3/c1-4-10(7-12)8-14(2)9-11-13-5-6-15(11)3/h5-6,10H,4,7-9H2,1-3H3. The molecule has 15 heavy (non-hydrogen) atoms. The third kappa shape index (κ3) is 3.95. The normalized spacial score (nSPS) is 13.4. The molecule has 0 aliphatic rings. The molecule has 0 radical (unpaired) electrons. The highest BCUT2D eigenvalue weighted by Gasteiger charge is 2.10. The smallest absolute Gasteiger partial charge is 0.122 e. The Labute approximate surface area is 101 Å². The predicted octanol–water partition coefficient (Wildman–Crippen LogP) is 2.27. The van der Waals surface area contributed by atoms with E-state index in [4.69, 9.17) is 0 Å². The fraction of sp³-hybridized carbons (Fsp3) is 0.727. The second-order valence-electron chi connectivity index (χ2n) is 4.08.